The minimum atomic E-state index is -1.57. The van der Waals surface area contributed by atoms with Crippen molar-refractivity contribution in [2.75, 3.05) is 19.7 Å². The number of aliphatic carboxylic acids is 1. The molecular weight excluding hydrogens is 977 g/mol. The number of alkyl halides is 2. The van der Waals surface area contributed by atoms with Crippen LogP contribution in [0.1, 0.15) is 41.2 Å². The molecule has 0 bridgehead atoms. The summed E-state index contributed by atoms with van der Waals surface area (Å²) in [5, 5.41) is 47.9. The Hall–Kier alpha value is -7.94. The molecule has 0 fully saturated rings. The molecule has 0 aliphatic carbocycles. The van der Waals surface area contributed by atoms with E-state index in [2.05, 4.69) is 31.9 Å². The number of fused-ring (bicyclic) bond motifs is 1. The Morgan fingerprint density at radius 2 is 1.11 bits per heavy atom. The fourth-order valence-corrected chi connectivity index (χ4v) is 7.35. The molecule has 378 valence electrons. The van der Waals surface area contributed by atoms with Crippen LogP contribution in [0.4, 0.5) is 5.69 Å². The minimum Gasteiger partial charge on any atom is -0.480 e. The number of amides is 6. The average Bonchev–Trinajstić information content (AvgIpc) is 3.37. The Morgan fingerprint density at radius 3 is 1.68 bits per heavy atom. The Labute approximate surface area is 422 Å². The molecule has 0 aromatic heterocycles. The van der Waals surface area contributed by atoms with Crippen molar-refractivity contribution >= 4 is 87.0 Å². The van der Waals surface area contributed by atoms with Crippen molar-refractivity contribution < 1.29 is 58.2 Å². The lowest BCUT2D eigenvalue weighted by Gasteiger charge is -2.26. The van der Waals surface area contributed by atoms with E-state index in [1.54, 1.807) is 66.7 Å². The molecule has 0 saturated carbocycles. The number of non-ortho nitro benzene ring substituents is 1. The lowest BCUT2D eigenvalue weighted by Crippen LogP contribution is -2.58. The smallest absolute Gasteiger partial charge is 0.322 e. The highest BCUT2D eigenvalue weighted by molar-refractivity contribution is 6.53. The topological polar surface area (TPSA) is 302 Å². The highest BCUT2D eigenvalue weighted by atomic mass is 35.5. The number of benzene rings is 5. The Kier molecular flexibility index (Phi) is 21.0. The second-order valence-corrected chi connectivity index (χ2v) is 17.4. The van der Waals surface area contributed by atoms with Gasteiger partial charge in [0.15, 0.2) is 4.84 Å². The highest BCUT2D eigenvalue weighted by Gasteiger charge is 2.32. The minimum absolute atomic E-state index is 0.0583. The predicted molar refractivity (Wildman–Crippen MR) is 263 cm³/mol. The van der Waals surface area contributed by atoms with Crippen LogP contribution in [-0.4, -0.2) is 111 Å². The Bertz CT molecular complexity index is 2720. The molecule has 0 heterocycles. The zero-order valence-electron chi connectivity index (χ0n) is 38.3. The number of nitro benzene ring substituents is 1. The van der Waals surface area contributed by atoms with Gasteiger partial charge in [0.25, 0.3) is 11.6 Å². The van der Waals surface area contributed by atoms with Gasteiger partial charge in [-0.1, -0.05) is 126 Å². The van der Waals surface area contributed by atoms with Crippen molar-refractivity contribution in [2.45, 2.75) is 67.2 Å². The van der Waals surface area contributed by atoms with Crippen LogP contribution in [0.5, 0.6) is 0 Å². The maximum absolute atomic E-state index is 14.4. The van der Waals surface area contributed by atoms with Crippen molar-refractivity contribution in [3.8, 4) is 0 Å². The number of carboxylic acids is 1. The number of rotatable bonds is 26. The summed E-state index contributed by atoms with van der Waals surface area (Å²) in [7, 11) is 0. The van der Waals surface area contributed by atoms with Crippen LogP contribution in [0.3, 0.4) is 0 Å². The Morgan fingerprint density at radius 1 is 0.569 bits per heavy atom. The van der Waals surface area contributed by atoms with Gasteiger partial charge in [0.2, 0.25) is 29.5 Å². The quantitative estimate of drug-likeness (QED) is 0.0171. The van der Waals surface area contributed by atoms with E-state index in [-0.39, 0.29) is 30.5 Å². The van der Waals surface area contributed by atoms with Crippen LogP contribution in [-0.2, 0) is 62.4 Å². The summed E-state index contributed by atoms with van der Waals surface area (Å²) in [6.07, 6.45) is -2.79. The molecule has 6 amide bonds. The molecule has 22 heteroatoms. The number of carboxylic acid groups (broad SMARTS) is 1. The monoisotopic (exact) mass is 1030 g/mol. The molecule has 0 aliphatic rings. The highest BCUT2D eigenvalue weighted by Crippen LogP contribution is 2.22. The van der Waals surface area contributed by atoms with Crippen molar-refractivity contribution in [3.63, 3.8) is 0 Å². The van der Waals surface area contributed by atoms with Crippen LogP contribution in [0.25, 0.3) is 10.8 Å². The van der Waals surface area contributed by atoms with Gasteiger partial charge in [-0.3, -0.25) is 48.5 Å². The van der Waals surface area contributed by atoms with E-state index in [4.69, 9.17) is 33.0 Å². The SMILES string of the molecule is O=C(O)CNC(=O)CNC(=O)[C@@H](Cc1ccc2ccccc2c1)NC(=O)[C@@H](Cc1ccccc1)NC(=O)[C@@H](Cc1ccccc1)NC(=O)CCC(=O)OC[C@@H](NC(=O)C(Cl)Cl)[C@H](O)c1ccc([N+](=O)[O-])cc1. The number of aliphatic hydroxyl groups is 1. The van der Waals surface area contributed by atoms with Gasteiger partial charge in [-0.15, -0.1) is 0 Å². The van der Waals surface area contributed by atoms with Crippen LogP contribution in [0.15, 0.2) is 127 Å². The number of halogens is 2. The molecule has 0 spiro atoms. The van der Waals surface area contributed by atoms with E-state index in [0.717, 1.165) is 22.9 Å². The van der Waals surface area contributed by atoms with E-state index in [1.165, 1.54) is 12.1 Å². The van der Waals surface area contributed by atoms with E-state index < -0.39 is 120 Å². The molecule has 20 nitrogen and oxygen atoms in total. The van der Waals surface area contributed by atoms with Crippen LogP contribution < -0.4 is 31.9 Å². The standard InChI is InChI=1S/C50H51Cl2N7O13/c51-46(52)50(69)58-40(45(65)34-17-19-36(20-18-34)59(70)71)29-72-44(64)22-21-41(60)55-38(24-30-9-3-1-4-10-30)48(67)57-39(25-31-11-5-2-6-12-31)49(68)56-37(47(66)54-27-42(61)53-28-43(62)63)26-32-15-16-33-13-7-8-14-35(33)23-32/h1-20,23,37-40,45-46,65H,21-22,24-29H2,(H,53,61)(H,54,66)(H,55,60)(H,56,68)(H,57,67)(H,58,69)(H,62,63)/t37-,38-,39-,40-,45-/m1/s1. The molecule has 5 aromatic carbocycles. The number of esters is 1. The van der Waals surface area contributed by atoms with Gasteiger partial charge in [0.1, 0.15) is 37.4 Å². The van der Waals surface area contributed by atoms with Gasteiger partial charge >= 0.3 is 11.9 Å². The first kappa shape index (κ1) is 55.0. The second-order valence-electron chi connectivity index (χ2n) is 16.3. The van der Waals surface area contributed by atoms with E-state index in [0.29, 0.717) is 16.7 Å². The van der Waals surface area contributed by atoms with Crippen molar-refractivity contribution in [3.05, 3.63) is 160 Å². The Balaban J connectivity index is 1.31. The van der Waals surface area contributed by atoms with Crippen LogP contribution in [0, 0.1) is 10.1 Å². The number of aliphatic hydroxyl groups excluding tert-OH is 1. The lowest BCUT2D eigenvalue weighted by atomic mass is 9.99. The summed E-state index contributed by atoms with van der Waals surface area (Å²) in [5.74, 6) is -7.10. The first-order valence-corrected chi connectivity index (χ1v) is 23.2. The summed E-state index contributed by atoms with van der Waals surface area (Å²) in [4.78, 5) is 114. The van der Waals surface area contributed by atoms with Crippen LogP contribution in [0.2, 0.25) is 0 Å². The molecule has 5 rings (SSSR count). The number of nitrogens with zero attached hydrogens (tertiary/aromatic N) is 1. The van der Waals surface area contributed by atoms with Crippen molar-refractivity contribution in [2.24, 2.45) is 0 Å². The molecular formula is C50H51Cl2N7O13. The number of nitrogens with one attached hydrogen (secondary N) is 6. The van der Waals surface area contributed by atoms with E-state index in [9.17, 15) is 53.6 Å². The largest absolute Gasteiger partial charge is 0.480 e. The molecule has 5 atom stereocenters. The third-order valence-corrected chi connectivity index (χ3v) is 11.3. The van der Waals surface area contributed by atoms with Gasteiger partial charge in [-0.25, -0.2) is 0 Å². The second kappa shape index (κ2) is 27.5. The van der Waals surface area contributed by atoms with Crippen molar-refractivity contribution in [1.29, 1.82) is 0 Å². The summed E-state index contributed by atoms with van der Waals surface area (Å²) in [5.41, 5.74) is 1.75. The fraction of sp³-hybridized carbons (Fsp3) is 0.280. The summed E-state index contributed by atoms with van der Waals surface area (Å²) in [6, 6.07) is 29.7. The number of carbonyl (C=O) groups is 8. The third kappa shape index (κ3) is 17.8. The molecule has 0 radical (unpaired) electrons. The first-order chi connectivity index (χ1) is 34.4. The maximum Gasteiger partial charge on any atom is 0.322 e. The fourth-order valence-electron chi connectivity index (χ4n) is 7.22. The lowest BCUT2D eigenvalue weighted by molar-refractivity contribution is -0.384. The van der Waals surface area contributed by atoms with Gasteiger partial charge in [0, 0.05) is 37.8 Å². The predicted octanol–water partition coefficient (Wildman–Crippen LogP) is 2.89. The number of hydrogen-bond acceptors (Lipinski definition) is 12. The van der Waals surface area contributed by atoms with Crippen molar-refractivity contribution in [1.82, 2.24) is 31.9 Å². The number of ether oxygens (including phenoxy) is 1. The summed E-state index contributed by atoms with van der Waals surface area (Å²) < 4.78 is 5.29. The van der Waals surface area contributed by atoms with Gasteiger partial charge < -0.3 is 46.9 Å². The zero-order valence-corrected chi connectivity index (χ0v) is 39.8. The van der Waals surface area contributed by atoms with Crippen LogP contribution >= 0.6 is 23.2 Å². The summed E-state index contributed by atoms with van der Waals surface area (Å²) >= 11 is 11.4. The average molecular weight is 1030 g/mol. The van der Waals surface area contributed by atoms with Gasteiger partial charge in [0.05, 0.1) is 23.9 Å². The number of hydrogen-bond donors (Lipinski definition) is 8. The number of carbonyl (C=O) groups excluding carboxylic acids is 7. The summed E-state index contributed by atoms with van der Waals surface area (Å²) in [6.45, 7) is -1.92. The van der Waals surface area contributed by atoms with E-state index in [1.807, 2.05) is 36.4 Å². The van der Waals surface area contributed by atoms with Gasteiger partial charge in [-0.05, 0) is 45.2 Å². The molecule has 0 aliphatic heterocycles. The molecule has 72 heavy (non-hydrogen) atoms. The first-order valence-electron chi connectivity index (χ1n) is 22.3. The molecule has 8 N–H and O–H groups in total. The normalized spacial score (nSPS) is 13.0. The maximum atomic E-state index is 14.4. The van der Waals surface area contributed by atoms with E-state index >= 15 is 0 Å². The molecule has 0 unspecified atom stereocenters. The number of nitro groups is 1. The zero-order chi connectivity index (χ0) is 52.2. The van der Waals surface area contributed by atoms with Gasteiger partial charge in [-0.2, -0.15) is 0 Å². The third-order valence-electron chi connectivity index (χ3n) is 10.9. The molecule has 5 aromatic rings. The molecule has 0 saturated heterocycles.